The summed E-state index contributed by atoms with van der Waals surface area (Å²) in [7, 11) is 0. The summed E-state index contributed by atoms with van der Waals surface area (Å²) in [4.78, 5) is 47.5. The Morgan fingerprint density at radius 2 is 1.24 bits per heavy atom. The lowest BCUT2D eigenvalue weighted by Gasteiger charge is -2.13. The molecule has 0 unspecified atom stereocenters. The number of benzene rings is 3. The van der Waals surface area contributed by atoms with Gasteiger partial charge in [-0.25, -0.2) is 0 Å². The van der Waals surface area contributed by atoms with Gasteiger partial charge in [0, 0.05) is 37.2 Å². The predicted molar refractivity (Wildman–Crippen MR) is 121 cm³/mol. The number of anilines is 1. The molecule has 0 aliphatic rings. The maximum absolute atomic E-state index is 12.7. The summed E-state index contributed by atoms with van der Waals surface area (Å²) in [5.41, 5.74) is 1.85. The lowest BCUT2D eigenvalue weighted by molar-refractivity contribution is -0.132. The Morgan fingerprint density at radius 1 is 0.697 bits per heavy atom. The SMILES string of the molecule is CC(=O)Oc1cccc(C(=O)NCc2ccccc2NC(=O)c2cccc(OC(C)=O)c2)c1. The molecule has 8 nitrogen and oxygen atoms in total. The summed E-state index contributed by atoms with van der Waals surface area (Å²) in [6.07, 6.45) is 0. The van der Waals surface area contributed by atoms with E-state index in [1.54, 1.807) is 60.7 Å². The Labute approximate surface area is 190 Å². The van der Waals surface area contributed by atoms with Crippen LogP contribution in [0.2, 0.25) is 0 Å². The van der Waals surface area contributed by atoms with Crippen molar-refractivity contribution in [3.8, 4) is 11.5 Å². The normalized spacial score (nSPS) is 10.1. The molecule has 0 saturated carbocycles. The van der Waals surface area contributed by atoms with E-state index in [1.807, 2.05) is 0 Å². The monoisotopic (exact) mass is 446 g/mol. The van der Waals surface area contributed by atoms with Gasteiger partial charge >= 0.3 is 11.9 Å². The summed E-state index contributed by atoms with van der Waals surface area (Å²) < 4.78 is 10.0. The first kappa shape index (κ1) is 23.2. The highest BCUT2D eigenvalue weighted by Crippen LogP contribution is 2.19. The third-order valence-electron chi connectivity index (χ3n) is 4.42. The number of nitrogens with one attached hydrogen (secondary N) is 2. The minimum atomic E-state index is -0.480. The van der Waals surface area contributed by atoms with E-state index < -0.39 is 17.8 Å². The third-order valence-corrected chi connectivity index (χ3v) is 4.42. The molecule has 0 aromatic heterocycles. The molecule has 0 saturated heterocycles. The van der Waals surface area contributed by atoms with Crippen LogP contribution in [0.15, 0.2) is 72.8 Å². The number of carbonyl (C=O) groups excluding carboxylic acids is 4. The average molecular weight is 446 g/mol. The van der Waals surface area contributed by atoms with Crippen molar-refractivity contribution < 1.29 is 28.7 Å². The molecule has 0 spiro atoms. The third kappa shape index (κ3) is 6.76. The van der Waals surface area contributed by atoms with E-state index in [9.17, 15) is 19.2 Å². The van der Waals surface area contributed by atoms with E-state index in [1.165, 1.54) is 26.0 Å². The highest BCUT2D eigenvalue weighted by atomic mass is 16.5. The van der Waals surface area contributed by atoms with Crippen molar-refractivity contribution in [3.63, 3.8) is 0 Å². The molecule has 0 fully saturated rings. The second kappa shape index (κ2) is 10.7. The van der Waals surface area contributed by atoms with Gasteiger partial charge in [0.2, 0.25) is 0 Å². The molecule has 33 heavy (non-hydrogen) atoms. The van der Waals surface area contributed by atoms with Crippen molar-refractivity contribution in [1.29, 1.82) is 0 Å². The van der Waals surface area contributed by atoms with Crippen LogP contribution in [0.3, 0.4) is 0 Å². The van der Waals surface area contributed by atoms with Crippen molar-refractivity contribution in [2.75, 3.05) is 5.32 Å². The van der Waals surface area contributed by atoms with Gasteiger partial charge in [-0.3, -0.25) is 19.2 Å². The lowest BCUT2D eigenvalue weighted by atomic mass is 10.1. The Kier molecular flexibility index (Phi) is 7.54. The van der Waals surface area contributed by atoms with Gasteiger partial charge in [0.25, 0.3) is 11.8 Å². The summed E-state index contributed by atoms with van der Waals surface area (Å²) in [6.45, 7) is 2.72. The highest BCUT2D eigenvalue weighted by molar-refractivity contribution is 6.05. The van der Waals surface area contributed by atoms with Gasteiger partial charge in [0.05, 0.1) is 0 Å². The van der Waals surface area contributed by atoms with Crippen LogP contribution in [-0.2, 0) is 16.1 Å². The zero-order chi connectivity index (χ0) is 23.8. The van der Waals surface area contributed by atoms with Crippen LogP contribution >= 0.6 is 0 Å². The molecule has 0 aliphatic carbocycles. The molecule has 2 N–H and O–H groups in total. The van der Waals surface area contributed by atoms with Gasteiger partial charge in [-0.2, -0.15) is 0 Å². The average Bonchev–Trinajstić information content (AvgIpc) is 2.77. The van der Waals surface area contributed by atoms with Crippen LogP contribution in [0.1, 0.15) is 40.1 Å². The van der Waals surface area contributed by atoms with E-state index in [-0.39, 0.29) is 24.0 Å². The summed E-state index contributed by atoms with van der Waals surface area (Å²) in [5, 5.41) is 5.61. The zero-order valence-electron chi connectivity index (χ0n) is 18.1. The fourth-order valence-corrected chi connectivity index (χ4v) is 3.00. The molecule has 3 aromatic rings. The quantitative estimate of drug-likeness (QED) is 0.423. The van der Waals surface area contributed by atoms with E-state index in [0.717, 1.165) is 0 Å². The molecule has 0 bridgehead atoms. The first-order valence-electron chi connectivity index (χ1n) is 10.1. The number of hydrogen-bond acceptors (Lipinski definition) is 6. The van der Waals surface area contributed by atoms with Crippen molar-refractivity contribution in [2.24, 2.45) is 0 Å². The van der Waals surface area contributed by atoms with E-state index in [0.29, 0.717) is 22.4 Å². The summed E-state index contributed by atoms with van der Waals surface area (Å²) in [5.74, 6) is -1.16. The van der Waals surface area contributed by atoms with Crippen LogP contribution < -0.4 is 20.1 Å². The molecular weight excluding hydrogens is 424 g/mol. The number of rotatable bonds is 7. The predicted octanol–water partition coefficient (Wildman–Crippen LogP) is 3.72. The van der Waals surface area contributed by atoms with Crippen molar-refractivity contribution in [2.45, 2.75) is 20.4 Å². The Morgan fingerprint density at radius 3 is 1.82 bits per heavy atom. The highest BCUT2D eigenvalue weighted by Gasteiger charge is 2.12. The van der Waals surface area contributed by atoms with Gasteiger partial charge < -0.3 is 20.1 Å². The number of esters is 2. The second-order valence-electron chi connectivity index (χ2n) is 7.04. The molecule has 2 amide bonds. The van der Waals surface area contributed by atoms with Gasteiger partial charge in [-0.15, -0.1) is 0 Å². The minimum absolute atomic E-state index is 0.153. The van der Waals surface area contributed by atoms with Crippen molar-refractivity contribution >= 4 is 29.4 Å². The fourth-order valence-electron chi connectivity index (χ4n) is 3.00. The second-order valence-corrected chi connectivity index (χ2v) is 7.04. The number of hydrogen-bond donors (Lipinski definition) is 2. The maximum Gasteiger partial charge on any atom is 0.308 e. The van der Waals surface area contributed by atoms with Gasteiger partial charge in [0.15, 0.2) is 0 Å². The van der Waals surface area contributed by atoms with Crippen LogP contribution in [0.25, 0.3) is 0 Å². The number of carbonyl (C=O) groups is 4. The van der Waals surface area contributed by atoms with E-state index in [2.05, 4.69) is 10.6 Å². The van der Waals surface area contributed by atoms with Crippen LogP contribution in [0.4, 0.5) is 5.69 Å². The molecule has 0 aliphatic heterocycles. The molecular formula is C25H22N2O6. The Balaban J connectivity index is 1.68. The molecule has 0 atom stereocenters. The fraction of sp³-hybridized carbons (Fsp3) is 0.120. The van der Waals surface area contributed by atoms with E-state index >= 15 is 0 Å². The first-order valence-corrected chi connectivity index (χ1v) is 10.1. The number of para-hydroxylation sites is 1. The molecule has 0 heterocycles. The minimum Gasteiger partial charge on any atom is -0.427 e. The van der Waals surface area contributed by atoms with Crippen LogP contribution in [0, 0.1) is 0 Å². The molecule has 0 radical (unpaired) electrons. The van der Waals surface area contributed by atoms with Crippen LogP contribution in [0.5, 0.6) is 11.5 Å². The molecule has 3 aromatic carbocycles. The summed E-state index contributed by atoms with van der Waals surface area (Å²) in [6, 6.07) is 19.6. The molecule has 8 heteroatoms. The molecule has 168 valence electrons. The van der Waals surface area contributed by atoms with Crippen LogP contribution in [-0.4, -0.2) is 23.8 Å². The number of ether oxygens (including phenoxy) is 2. The zero-order valence-corrected chi connectivity index (χ0v) is 18.1. The van der Waals surface area contributed by atoms with Crippen molar-refractivity contribution in [1.82, 2.24) is 5.32 Å². The van der Waals surface area contributed by atoms with Gasteiger partial charge in [-0.05, 0) is 48.0 Å². The largest absolute Gasteiger partial charge is 0.427 e. The Bertz CT molecular complexity index is 1200. The Hall–Kier alpha value is -4.46. The first-order chi connectivity index (χ1) is 15.8. The van der Waals surface area contributed by atoms with Gasteiger partial charge in [0.1, 0.15) is 11.5 Å². The number of amides is 2. The topological polar surface area (TPSA) is 111 Å². The maximum atomic E-state index is 12.7. The molecule has 3 rings (SSSR count). The standard InChI is InChI=1S/C25H22N2O6/c1-16(28)32-21-10-5-8-18(13-21)24(30)26-15-20-7-3-4-12-23(20)27-25(31)19-9-6-11-22(14-19)33-17(2)29/h3-14H,15H2,1-2H3,(H,26,30)(H,27,31). The smallest absolute Gasteiger partial charge is 0.308 e. The van der Waals surface area contributed by atoms with E-state index in [4.69, 9.17) is 9.47 Å². The van der Waals surface area contributed by atoms with Gasteiger partial charge in [-0.1, -0.05) is 30.3 Å². The van der Waals surface area contributed by atoms with Crippen molar-refractivity contribution in [3.05, 3.63) is 89.5 Å². The lowest BCUT2D eigenvalue weighted by Crippen LogP contribution is -2.24. The summed E-state index contributed by atoms with van der Waals surface area (Å²) >= 11 is 0.